The molecule has 2 heterocycles. The first kappa shape index (κ1) is 12.2. The number of methoxy groups -OCH3 is 1. The minimum absolute atomic E-state index is 0.409. The van der Waals surface area contributed by atoms with Crippen molar-refractivity contribution in [3.63, 3.8) is 0 Å². The van der Waals surface area contributed by atoms with Gasteiger partial charge >= 0.3 is 0 Å². The number of ether oxygens (including phenoxy) is 1. The fourth-order valence-electron chi connectivity index (χ4n) is 2.39. The molecule has 1 atom stereocenters. The lowest BCUT2D eigenvalue weighted by molar-refractivity contribution is 0.412. The maximum absolute atomic E-state index is 5.24. The second-order valence-corrected chi connectivity index (χ2v) is 4.43. The molecule has 17 heavy (non-hydrogen) atoms. The minimum atomic E-state index is 0.409. The van der Waals surface area contributed by atoms with Gasteiger partial charge in [-0.15, -0.1) is 0 Å². The van der Waals surface area contributed by atoms with Crippen LogP contribution >= 0.6 is 0 Å². The Morgan fingerprint density at radius 2 is 2.24 bits per heavy atom. The van der Waals surface area contributed by atoms with E-state index in [-0.39, 0.29) is 0 Å². The number of rotatable bonds is 3. The molecular weight excluding hydrogens is 214 g/mol. The van der Waals surface area contributed by atoms with Crippen LogP contribution in [-0.2, 0) is 0 Å². The van der Waals surface area contributed by atoms with E-state index >= 15 is 0 Å². The van der Waals surface area contributed by atoms with Gasteiger partial charge in [0.1, 0.15) is 5.75 Å². The number of hydrogen-bond donors (Lipinski definition) is 1. The van der Waals surface area contributed by atoms with Crippen LogP contribution < -0.4 is 15.0 Å². The van der Waals surface area contributed by atoms with E-state index in [2.05, 4.69) is 21.3 Å². The van der Waals surface area contributed by atoms with Gasteiger partial charge in [0.25, 0.3) is 0 Å². The molecule has 1 saturated heterocycles. The van der Waals surface area contributed by atoms with Crippen LogP contribution in [0.5, 0.6) is 5.75 Å². The summed E-state index contributed by atoms with van der Waals surface area (Å²) in [7, 11) is 3.70. The normalized spacial score (nSPS) is 21.1. The zero-order chi connectivity index (χ0) is 12.1. The smallest absolute Gasteiger partial charge is 0.139 e. The quantitative estimate of drug-likeness (QED) is 0.869. The highest BCUT2D eigenvalue weighted by atomic mass is 16.5. The summed E-state index contributed by atoms with van der Waals surface area (Å²) in [4.78, 5) is 6.63. The molecule has 1 aromatic heterocycles. The van der Waals surface area contributed by atoms with E-state index in [9.17, 15) is 0 Å². The Kier molecular flexibility index (Phi) is 4.20. The molecule has 0 saturated carbocycles. The van der Waals surface area contributed by atoms with Crippen molar-refractivity contribution in [1.82, 2.24) is 10.3 Å². The van der Waals surface area contributed by atoms with Crippen LogP contribution in [0.4, 0.5) is 5.69 Å². The van der Waals surface area contributed by atoms with Gasteiger partial charge in [0.15, 0.2) is 0 Å². The predicted octanol–water partition coefficient (Wildman–Crippen LogP) is 2.02. The third-order valence-corrected chi connectivity index (χ3v) is 3.35. The third kappa shape index (κ3) is 2.88. The molecule has 0 aliphatic carbocycles. The van der Waals surface area contributed by atoms with Gasteiger partial charge in [0.05, 0.1) is 31.4 Å². The molecule has 0 bridgehead atoms. The molecule has 4 heteroatoms. The topological polar surface area (TPSA) is 37.4 Å². The van der Waals surface area contributed by atoms with E-state index in [0.717, 1.165) is 18.0 Å². The Morgan fingerprint density at radius 3 is 3.00 bits per heavy atom. The summed E-state index contributed by atoms with van der Waals surface area (Å²) in [6.07, 6.45) is 9.11. The fraction of sp³-hybridized carbons (Fsp3) is 0.615. The summed E-state index contributed by atoms with van der Waals surface area (Å²) < 4.78 is 5.24. The van der Waals surface area contributed by atoms with E-state index in [0.29, 0.717) is 6.17 Å². The van der Waals surface area contributed by atoms with Crippen molar-refractivity contribution < 1.29 is 4.74 Å². The number of nitrogens with zero attached hydrogens (tertiary/aromatic N) is 2. The van der Waals surface area contributed by atoms with Gasteiger partial charge in [0.2, 0.25) is 0 Å². The minimum Gasteiger partial charge on any atom is -0.495 e. The number of aromatic nitrogens is 1. The summed E-state index contributed by atoms with van der Waals surface area (Å²) >= 11 is 0. The maximum Gasteiger partial charge on any atom is 0.139 e. The Morgan fingerprint density at radius 1 is 1.35 bits per heavy atom. The number of anilines is 1. The molecule has 0 spiro atoms. The molecule has 2 rings (SSSR count). The summed E-state index contributed by atoms with van der Waals surface area (Å²) in [6, 6.07) is 2.06. The fourth-order valence-corrected chi connectivity index (χ4v) is 2.39. The van der Waals surface area contributed by atoms with Crippen molar-refractivity contribution in [3.05, 3.63) is 18.5 Å². The van der Waals surface area contributed by atoms with E-state index in [1.54, 1.807) is 13.3 Å². The Bertz CT molecular complexity index is 356. The van der Waals surface area contributed by atoms with E-state index in [4.69, 9.17) is 4.74 Å². The molecule has 1 aromatic rings. The molecule has 1 aliphatic heterocycles. The van der Waals surface area contributed by atoms with Gasteiger partial charge < -0.3 is 15.0 Å². The van der Waals surface area contributed by atoms with Crippen LogP contribution in [-0.4, -0.2) is 31.9 Å². The molecule has 0 amide bonds. The Labute approximate surface area is 103 Å². The second-order valence-electron chi connectivity index (χ2n) is 4.43. The molecule has 1 fully saturated rings. The van der Waals surface area contributed by atoms with E-state index in [1.165, 1.54) is 25.7 Å². The standard InChI is InChI=1S/C13H21N3O/c1-14-13-6-4-3-5-7-16(13)11-8-12(17-2)10-15-9-11/h8-10,13-14H,3-7H2,1-2H3. The Balaban J connectivity index is 2.21. The first-order valence-electron chi connectivity index (χ1n) is 6.28. The number of hydrogen-bond acceptors (Lipinski definition) is 4. The van der Waals surface area contributed by atoms with Gasteiger partial charge in [-0.25, -0.2) is 0 Å². The van der Waals surface area contributed by atoms with Gasteiger partial charge in [-0.1, -0.05) is 6.42 Å². The zero-order valence-electron chi connectivity index (χ0n) is 10.6. The molecule has 0 radical (unpaired) electrons. The summed E-state index contributed by atoms with van der Waals surface area (Å²) in [6.45, 7) is 1.08. The van der Waals surface area contributed by atoms with Crippen LogP contribution in [0, 0.1) is 0 Å². The van der Waals surface area contributed by atoms with E-state index in [1.807, 2.05) is 13.2 Å². The highest BCUT2D eigenvalue weighted by Gasteiger charge is 2.20. The Hall–Kier alpha value is -1.29. The second kappa shape index (κ2) is 5.87. The van der Waals surface area contributed by atoms with Crippen LogP contribution in [0.2, 0.25) is 0 Å². The van der Waals surface area contributed by atoms with Gasteiger partial charge in [-0.2, -0.15) is 0 Å². The summed E-state index contributed by atoms with van der Waals surface area (Å²) in [5.41, 5.74) is 1.14. The van der Waals surface area contributed by atoms with Gasteiger partial charge in [0, 0.05) is 12.6 Å². The van der Waals surface area contributed by atoms with E-state index < -0.39 is 0 Å². The van der Waals surface area contributed by atoms with Crippen LogP contribution in [0.25, 0.3) is 0 Å². The molecule has 0 aromatic carbocycles. The lowest BCUT2D eigenvalue weighted by Gasteiger charge is -2.31. The average molecular weight is 235 g/mol. The lowest BCUT2D eigenvalue weighted by Crippen LogP contribution is -2.43. The van der Waals surface area contributed by atoms with Crippen LogP contribution in [0.15, 0.2) is 18.5 Å². The molecule has 1 unspecified atom stereocenters. The zero-order valence-corrected chi connectivity index (χ0v) is 10.6. The third-order valence-electron chi connectivity index (χ3n) is 3.35. The van der Waals surface area contributed by atoms with Crippen molar-refractivity contribution in [2.45, 2.75) is 31.8 Å². The summed E-state index contributed by atoms with van der Waals surface area (Å²) in [5.74, 6) is 0.821. The number of pyridine rings is 1. The lowest BCUT2D eigenvalue weighted by atomic mass is 10.2. The van der Waals surface area contributed by atoms with Gasteiger partial charge in [-0.05, 0) is 26.3 Å². The molecule has 1 aliphatic rings. The molecule has 4 nitrogen and oxygen atoms in total. The highest BCUT2D eigenvalue weighted by Crippen LogP contribution is 2.25. The van der Waals surface area contributed by atoms with Crippen molar-refractivity contribution >= 4 is 5.69 Å². The molecular formula is C13H21N3O. The number of nitrogens with one attached hydrogen (secondary N) is 1. The monoisotopic (exact) mass is 235 g/mol. The average Bonchev–Trinajstić information content (AvgIpc) is 2.63. The van der Waals surface area contributed by atoms with Crippen molar-refractivity contribution in [1.29, 1.82) is 0 Å². The van der Waals surface area contributed by atoms with Crippen molar-refractivity contribution in [3.8, 4) is 5.75 Å². The van der Waals surface area contributed by atoms with Crippen LogP contribution in [0.1, 0.15) is 25.7 Å². The SMILES string of the molecule is CNC1CCCCCN1c1cncc(OC)c1. The summed E-state index contributed by atoms with van der Waals surface area (Å²) in [5, 5.41) is 3.39. The van der Waals surface area contributed by atoms with Crippen LogP contribution in [0.3, 0.4) is 0 Å². The first-order valence-corrected chi connectivity index (χ1v) is 6.28. The van der Waals surface area contributed by atoms with Gasteiger partial charge in [-0.3, -0.25) is 4.98 Å². The van der Waals surface area contributed by atoms with Crippen molar-refractivity contribution in [2.75, 3.05) is 25.6 Å². The largest absolute Gasteiger partial charge is 0.495 e. The predicted molar refractivity (Wildman–Crippen MR) is 69.5 cm³/mol. The first-order chi connectivity index (χ1) is 8.35. The highest BCUT2D eigenvalue weighted by molar-refractivity contribution is 5.49. The maximum atomic E-state index is 5.24. The molecule has 94 valence electrons. The molecule has 1 N–H and O–H groups in total. The van der Waals surface area contributed by atoms with Crippen molar-refractivity contribution in [2.24, 2.45) is 0 Å².